The van der Waals surface area contributed by atoms with Gasteiger partial charge in [0.15, 0.2) is 0 Å². The molecule has 1 unspecified atom stereocenters. The standard InChI is InChI=1S/C20H24N4O2S/c1-14(21-20(26)18-5-4-12-27-18)19(25)22-16-6-7-17-15(13-16)8-9-24(17)11-10-23(2)3/h4-9,12-14H,10-11H2,1-3H3,(H,21,26)(H,22,25). The second-order valence-corrected chi connectivity index (χ2v) is 7.70. The lowest BCUT2D eigenvalue weighted by Gasteiger charge is -2.14. The number of thiophene rings is 1. The predicted molar refractivity (Wildman–Crippen MR) is 110 cm³/mol. The van der Waals surface area contributed by atoms with Crippen LogP contribution in [0.15, 0.2) is 48.0 Å². The van der Waals surface area contributed by atoms with E-state index in [4.69, 9.17) is 0 Å². The average molecular weight is 385 g/mol. The molecule has 0 saturated carbocycles. The van der Waals surface area contributed by atoms with E-state index in [0.29, 0.717) is 4.88 Å². The molecule has 1 atom stereocenters. The molecule has 0 aliphatic heterocycles. The Morgan fingerprint density at radius 1 is 1.22 bits per heavy atom. The van der Waals surface area contributed by atoms with E-state index in [-0.39, 0.29) is 11.8 Å². The van der Waals surface area contributed by atoms with Gasteiger partial charge in [-0.25, -0.2) is 0 Å². The number of nitrogens with one attached hydrogen (secondary N) is 2. The quantitative estimate of drug-likeness (QED) is 0.658. The molecule has 3 aromatic rings. The van der Waals surface area contributed by atoms with Crippen molar-refractivity contribution >= 4 is 39.7 Å². The van der Waals surface area contributed by atoms with Gasteiger partial charge in [0.25, 0.3) is 5.91 Å². The molecule has 0 aliphatic carbocycles. The summed E-state index contributed by atoms with van der Waals surface area (Å²) in [5, 5.41) is 8.50. The van der Waals surface area contributed by atoms with Gasteiger partial charge in [-0.1, -0.05) is 6.07 Å². The number of carbonyl (C=O) groups excluding carboxylic acids is 2. The molecule has 0 aliphatic rings. The Morgan fingerprint density at radius 3 is 2.74 bits per heavy atom. The van der Waals surface area contributed by atoms with E-state index < -0.39 is 6.04 Å². The molecule has 27 heavy (non-hydrogen) atoms. The Hall–Kier alpha value is -2.64. The van der Waals surface area contributed by atoms with Crippen molar-refractivity contribution in [1.82, 2.24) is 14.8 Å². The molecule has 0 spiro atoms. The number of fused-ring (bicyclic) bond motifs is 1. The maximum Gasteiger partial charge on any atom is 0.261 e. The zero-order valence-electron chi connectivity index (χ0n) is 15.7. The minimum Gasteiger partial charge on any atom is -0.346 e. The number of anilines is 1. The SMILES string of the molecule is CC(NC(=O)c1cccs1)C(=O)Nc1ccc2c(ccn2CCN(C)C)c1. The van der Waals surface area contributed by atoms with Crippen LogP contribution in [0.5, 0.6) is 0 Å². The Bertz CT molecular complexity index is 931. The Kier molecular flexibility index (Phi) is 5.93. The van der Waals surface area contributed by atoms with Gasteiger partial charge in [0.05, 0.1) is 4.88 Å². The van der Waals surface area contributed by atoms with E-state index in [1.807, 2.05) is 35.7 Å². The molecule has 3 rings (SSSR count). The monoisotopic (exact) mass is 384 g/mol. The summed E-state index contributed by atoms with van der Waals surface area (Å²) in [7, 11) is 4.11. The number of carbonyl (C=O) groups is 2. The van der Waals surface area contributed by atoms with Crippen molar-refractivity contribution < 1.29 is 9.59 Å². The fourth-order valence-electron chi connectivity index (χ4n) is 2.77. The van der Waals surface area contributed by atoms with Crippen LogP contribution in [0.2, 0.25) is 0 Å². The summed E-state index contributed by atoms with van der Waals surface area (Å²) < 4.78 is 2.20. The maximum atomic E-state index is 12.4. The molecule has 142 valence electrons. The van der Waals surface area contributed by atoms with Crippen LogP contribution in [-0.4, -0.2) is 48.0 Å². The lowest BCUT2D eigenvalue weighted by Crippen LogP contribution is -2.41. The summed E-state index contributed by atoms with van der Waals surface area (Å²) in [6, 6.07) is 10.8. The van der Waals surface area contributed by atoms with Gasteiger partial charge in [0.2, 0.25) is 5.91 Å². The van der Waals surface area contributed by atoms with Crippen LogP contribution in [0.3, 0.4) is 0 Å². The van der Waals surface area contributed by atoms with Crippen LogP contribution < -0.4 is 10.6 Å². The second kappa shape index (κ2) is 8.37. The molecule has 0 fully saturated rings. The molecule has 0 saturated heterocycles. The summed E-state index contributed by atoms with van der Waals surface area (Å²) in [5.41, 5.74) is 1.85. The van der Waals surface area contributed by atoms with E-state index in [2.05, 4.69) is 40.4 Å². The van der Waals surface area contributed by atoms with Gasteiger partial charge in [-0.05, 0) is 56.7 Å². The summed E-state index contributed by atoms with van der Waals surface area (Å²) in [5.74, 6) is -0.479. The number of hydrogen-bond acceptors (Lipinski definition) is 4. The molecule has 6 nitrogen and oxygen atoms in total. The first-order chi connectivity index (χ1) is 12.9. The Morgan fingerprint density at radius 2 is 2.04 bits per heavy atom. The van der Waals surface area contributed by atoms with E-state index in [1.165, 1.54) is 11.3 Å². The third-order valence-electron chi connectivity index (χ3n) is 4.31. The smallest absolute Gasteiger partial charge is 0.261 e. The van der Waals surface area contributed by atoms with Gasteiger partial charge in [-0.3, -0.25) is 9.59 Å². The van der Waals surface area contributed by atoms with Gasteiger partial charge in [0, 0.05) is 35.9 Å². The van der Waals surface area contributed by atoms with Gasteiger partial charge in [-0.15, -0.1) is 11.3 Å². The molecular weight excluding hydrogens is 360 g/mol. The lowest BCUT2D eigenvalue weighted by molar-refractivity contribution is -0.117. The van der Waals surface area contributed by atoms with Gasteiger partial charge in [-0.2, -0.15) is 0 Å². The molecule has 1 aromatic carbocycles. The van der Waals surface area contributed by atoms with E-state index in [0.717, 1.165) is 29.7 Å². The normalized spacial score (nSPS) is 12.3. The fraction of sp³-hybridized carbons (Fsp3) is 0.300. The molecule has 2 heterocycles. The third kappa shape index (κ3) is 4.75. The highest BCUT2D eigenvalue weighted by molar-refractivity contribution is 7.12. The zero-order valence-corrected chi connectivity index (χ0v) is 16.5. The number of nitrogens with zero attached hydrogens (tertiary/aromatic N) is 2. The molecule has 7 heteroatoms. The summed E-state index contributed by atoms with van der Waals surface area (Å²) in [4.78, 5) is 27.2. The van der Waals surface area contributed by atoms with Crippen LogP contribution in [0.4, 0.5) is 5.69 Å². The van der Waals surface area contributed by atoms with Crippen molar-refractivity contribution in [2.75, 3.05) is 26.0 Å². The molecular formula is C20H24N4O2S. The largest absolute Gasteiger partial charge is 0.346 e. The van der Waals surface area contributed by atoms with Crippen LogP contribution >= 0.6 is 11.3 Å². The van der Waals surface area contributed by atoms with Crippen molar-refractivity contribution in [3.05, 3.63) is 52.9 Å². The summed E-state index contributed by atoms with van der Waals surface area (Å²) >= 11 is 1.35. The predicted octanol–water partition coefficient (Wildman–Crippen LogP) is 3.02. The van der Waals surface area contributed by atoms with Crippen LogP contribution in [0, 0.1) is 0 Å². The maximum absolute atomic E-state index is 12.4. The Balaban J connectivity index is 1.63. The number of rotatable bonds is 7. The first kappa shape index (κ1) is 19.1. The Labute approximate surface area is 162 Å². The van der Waals surface area contributed by atoms with Crippen molar-refractivity contribution in [2.24, 2.45) is 0 Å². The van der Waals surface area contributed by atoms with Gasteiger partial charge >= 0.3 is 0 Å². The number of hydrogen-bond donors (Lipinski definition) is 2. The van der Waals surface area contributed by atoms with Gasteiger partial charge < -0.3 is 20.1 Å². The van der Waals surface area contributed by atoms with Crippen molar-refractivity contribution in [2.45, 2.75) is 19.5 Å². The zero-order chi connectivity index (χ0) is 19.4. The lowest BCUT2D eigenvalue weighted by atomic mass is 10.2. The topological polar surface area (TPSA) is 66.4 Å². The van der Waals surface area contributed by atoms with Crippen LogP contribution in [-0.2, 0) is 11.3 Å². The summed E-state index contributed by atoms with van der Waals surface area (Å²) in [6.45, 7) is 3.55. The third-order valence-corrected chi connectivity index (χ3v) is 5.18. The van der Waals surface area contributed by atoms with Crippen LogP contribution in [0.25, 0.3) is 10.9 Å². The molecule has 0 bridgehead atoms. The van der Waals surface area contributed by atoms with Crippen molar-refractivity contribution in [1.29, 1.82) is 0 Å². The number of likely N-dealkylation sites (N-methyl/N-ethyl adjacent to an activating group) is 1. The fourth-order valence-corrected chi connectivity index (χ4v) is 3.40. The summed E-state index contributed by atoms with van der Waals surface area (Å²) in [6.07, 6.45) is 2.06. The first-order valence-corrected chi connectivity index (χ1v) is 9.71. The minimum absolute atomic E-state index is 0.235. The highest BCUT2D eigenvalue weighted by Crippen LogP contribution is 2.21. The molecule has 2 amide bonds. The molecule has 2 N–H and O–H groups in total. The van der Waals surface area contributed by atoms with Crippen molar-refractivity contribution in [3.8, 4) is 0 Å². The molecule has 2 aromatic heterocycles. The number of aromatic nitrogens is 1. The second-order valence-electron chi connectivity index (χ2n) is 6.75. The highest BCUT2D eigenvalue weighted by atomic mass is 32.1. The van der Waals surface area contributed by atoms with Crippen molar-refractivity contribution in [3.63, 3.8) is 0 Å². The van der Waals surface area contributed by atoms with E-state index in [9.17, 15) is 9.59 Å². The first-order valence-electron chi connectivity index (χ1n) is 8.83. The van der Waals surface area contributed by atoms with E-state index >= 15 is 0 Å². The average Bonchev–Trinajstić information content (AvgIpc) is 3.29. The van der Waals surface area contributed by atoms with E-state index in [1.54, 1.807) is 13.0 Å². The highest BCUT2D eigenvalue weighted by Gasteiger charge is 2.17. The van der Waals surface area contributed by atoms with Gasteiger partial charge in [0.1, 0.15) is 6.04 Å². The van der Waals surface area contributed by atoms with Crippen LogP contribution in [0.1, 0.15) is 16.6 Å². The number of benzene rings is 1. The number of amides is 2. The molecule has 0 radical (unpaired) electrons. The minimum atomic E-state index is -0.625.